The van der Waals surface area contributed by atoms with Gasteiger partial charge in [0, 0.05) is 20.6 Å². The summed E-state index contributed by atoms with van der Waals surface area (Å²) < 4.78 is 1.78. The summed E-state index contributed by atoms with van der Waals surface area (Å²) in [5.41, 5.74) is 1.22. The van der Waals surface area contributed by atoms with E-state index in [4.69, 9.17) is 4.99 Å². The summed E-state index contributed by atoms with van der Waals surface area (Å²) in [6, 6.07) is 14.8. The van der Waals surface area contributed by atoms with E-state index >= 15 is 0 Å². The molecule has 0 fully saturated rings. The summed E-state index contributed by atoms with van der Waals surface area (Å²) in [5.74, 6) is 1.76. The molecule has 0 atom stereocenters. The summed E-state index contributed by atoms with van der Waals surface area (Å²) >= 11 is 0. The molecule has 6 heteroatoms. The van der Waals surface area contributed by atoms with Gasteiger partial charge in [-0.1, -0.05) is 42.5 Å². The Bertz CT molecular complexity index is 862. The zero-order chi connectivity index (χ0) is 17.6. The van der Waals surface area contributed by atoms with Crippen molar-refractivity contribution in [1.29, 1.82) is 0 Å². The molecule has 0 saturated carbocycles. The van der Waals surface area contributed by atoms with Crippen molar-refractivity contribution >= 4 is 16.7 Å². The monoisotopic (exact) mass is 336 g/mol. The molecule has 3 aromatic rings. The second-order valence-corrected chi connectivity index (χ2v) is 5.96. The lowest BCUT2D eigenvalue weighted by atomic mass is 10.1. The minimum Gasteiger partial charge on any atom is -0.357 e. The zero-order valence-corrected chi connectivity index (χ0v) is 15.0. The predicted molar refractivity (Wildman–Crippen MR) is 101 cm³/mol. The summed E-state index contributed by atoms with van der Waals surface area (Å²) in [6.45, 7) is 4.17. The molecule has 6 nitrogen and oxygen atoms in total. The largest absolute Gasteiger partial charge is 0.357 e. The maximum atomic E-state index is 4.82. The summed E-state index contributed by atoms with van der Waals surface area (Å²) in [4.78, 5) is 11.2. The highest BCUT2D eigenvalue weighted by atomic mass is 15.4. The highest BCUT2D eigenvalue weighted by Crippen LogP contribution is 2.19. The molecule has 0 radical (unpaired) electrons. The molecule has 0 amide bonds. The normalized spacial score (nSPS) is 11.7. The lowest BCUT2D eigenvalue weighted by Gasteiger charge is -2.21. The van der Waals surface area contributed by atoms with Crippen LogP contribution in [0.15, 0.2) is 53.8 Å². The van der Waals surface area contributed by atoms with E-state index in [-0.39, 0.29) is 0 Å². The Labute approximate surface area is 148 Å². The summed E-state index contributed by atoms with van der Waals surface area (Å²) in [6.07, 6.45) is 1.57. The van der Waals surface area contributed by atoms with E-state index in [1.807, 2.05) is 14.1 Å². The molecule has 1 aromatic heterocycles. The number of rotatable bonds is 5. The van der Waals surface area contributed by atoms with Crippen molar-refractivity contribution < 1.29 is 0 Å². The van der Waals surface area contributed by atoms with E-state index in [0.717, 1.165) is 18.3 Å². The van der Waals surface area contributed by atoms with Crippen molar-refractivity contribution in [2.75, 3.05) is 13.6 Å². The number of benzene rings is 2. The van der Waals surface area contributed by atoms with Crippen molar-refractivity contribution in [3.05, 3.63) is 60.2 Å². The fraction of sp³-hybridized carbons (Fsp3) is 0.316. The van der Waals surface area contributed by atoms with Crippen LogP contribution in [-0.2, 0) is 20.1 Å². The number of aromatic nitrogens is 3. The molecule has 1 heterocycles. The van der Waals surface area contributed by atoms with E-state index in [9.17, 15) is 0 Å². The van der Waals surface area contributed by atoms with Crippen LogP contribution in [0.25, 0.3) is 10.8 Å². The van der Waals surface area contributed by atoms with Crippen LogP contribution in [0.3, 0.4) is 0 Å². The van der Waals surface area contributed by atoms with Crippen LogP contribution in [-0.4, -0.2) is 39.2 Å². The Hall–Kier alpha value is -2.89. The zero-order valence-electron chi connectivity index (χ0n) is 15.0. The number of hydrogen-bond donors (Lipinski definition) is 1. The van der Waals surface area contributed by atoms with Crippen LogP contribution in [0.5, 0.6) is 0 Å². The van der Waals surface area contributed by atoms with Crippen molar-refractivity contribution in [2.45, 2.75) is 20.0 Å². The molecular formula is C19H24N6. The number of fused-ring (bicyclic) bond motifs is 1. The third-order valence-corrected chi connectivity index (χ3v) is 4.16. The molecule has 25 heavy (non-hydrogen) atoms. The van der Waals surface area contributed by atoms with Crippen LogP contribution in [0, 0.1) is 0 Å². The van der Waals surface area contributed by atoms with Crippen LogP contribution in [0.1, 0.15) is 18.3 Å². The van der Waals surface area contributed by atoms with Gasteiger partial charge in [-0.15, -0.1) is 0 Å². The van der Waals surface area contributed by atoms with Gasteiger partial charge in [-0.2, -0.15) is 5.10 Å². The minimum atomic E-state index is 0.632. The Kier molecular flexibility index (Phi) is 5.28. The Morgan fingerprint density at radius 3 is 2.76 bits per heavy atom. The number of nitrogens with zero attached hydrogens (tertiary/aromatic N) is 5. The number of nitrogens with one attached hydrogen (secondary N) is 1. The standard InChI is InChI=1S/C19H24N6/c1-4-20-19(24(2)13-18-22-14-23-25(18)3)21-12-16-10-7-9-15-8-5-6-11-17(15)16/h5-11,14H,4,12-13H2,1-3H3,(H,20,21). The van der Waals surface area contributed by atoms with E-state index in [1.165, 1.54) is 16.3 Å². The van der Waals surface area contributed by atoms with Gasteiger partial charge in [-0.3, -0.25) is 4.68 Å². The third-order valence-electron chi connectivity index (χ3n) is 4.16. The SMILES string of the molecule is CCNC(=NCc1cccc2ccccc12)N(C)Cc1ncnn1C. The average Bonchev–Trinajstić information content (AvgIpc) is 3.03. The Morgan fingerprint density at radius 2 is 2.00 bits per heavy atom. The highest BCUT2D eigenvalue weighted by Gasteiger charge is 2.10. The lowest BCUT2D eigenvalue weighted by molar-refractivity contribution is 0.448. The number of hydrogen-bond acceptors (Lipinski definition) is 3. The molecule has 0 aliphatic rings. The topological polar surface area (TPSA) is 58.3 Å². The minimum absolute atomic E-state index is 0.632. The number of aryl methyl sites for hydroxylation is 1. The molecule has 130 valence electrons. The molecule has 0 bridgehead atoms. The summed E-state index contributed by atoms with van der Waals surface area (Å²) in [5, 5.41) is 9.97. The van der Waals surface area contributed by atoms with Gasteiger partial charge in [0.1, 0.15) is 12.2 Å². The molecule has 3 rings (SSSR count). The Balaban J connectivity index is 1.80. The predicted octanol–water partition coefficient (Wildman–Crippen LogP) is 2.57. The van der Waals surface area contributed by atoms with Crippen molar-refractivity contribution in [3.8, 4) is 0 Å². The molecule has 0 aliphatic heterocycles. The molecule has 0 aliphatic carbocycles. The Morgan fingerprint density at radius 1 is 1.20 bits per heavy atom. The third kappa shape index (κ3) is 3.96. The fourth-order valence-corrected chi connectivity index (χ4v) is 2.81. The lowest BCUT2D eigenvalue weighted by Crippen LogP contribution is -2.39. The average molecular weight is 336 g/mol. The van der Waals surface area contributed by atoms with E-state index in [0.29, 0.717) is 13.1 Å². The second-order valence-electron chi connectivity index (χ2n) is 5.96. The van der Waals surface area contributed by atoms with E-state index in [2.05, 4.69) is 69.7 Å². The van der Waals surface area contributed by atoms with Gasteiger partial charge < -0.3 is 10.2 Å². The first kappa shape index (κ1) is 17.0. The molecule has 1 N–H and O–H groups in total. The smallest absolute Gasteiger partial charge is 0.194 e. The van der Waals surface area contributed by atoms with Crippen LogP contribution in [0.2, 0.25) is 0 Å². The van der Waals surface area contributed by atoms with Crippen LogP contribution in [0.4, 0.5) is 0 Å². The highest BCUT2D eigenvalue weighted by molar-refractivity contribution is 5.86. The van der Waals surface area contributed by atoms with Gasteiger partial charge in [0.15, 0.2) is 5.96 Å². The van der Waals surface area contributed by atoms with Gasteiger partial charge >= 0.3 is 0 Å². The first-order valence-corrected chi connectivity index (χ1v) is 8.48. The van der Waals surface area contributed by atoms with E-state index in [1.54, 1.807) is 11.0 Å². The molecule has 2 aromatic carbocycles. The van der Waals surface area contributed by atoms with Gasteiger partial charge in [0.2, 0.25) is 0 Å². The molecule has 0 spiro atoms. The molecule has 0 saturated heterocycles. The van der Waals surface area contributed by atoms with Crippen molar-refractivity contribution in [3.63, 3.8) is 0 Å². The van der Waals surface area contributed by atoms with Gasteiger partial charge in [-0.25, -0.2) is 9.98 Å². The van der Waals surface area contributed by atoms with Crippen molar-refractivity contribution in [1.82, 2.24) is 25.0 Å². The number of aliphatic imine (C=N–C) groups is 1. The van der Waals surface area contributed by atoms with E-state index < -0.39 is 0 Å². The first-order chi connectivity index (χ1) is 12.2. The van der Waals surface area contributed by atoms with Gasteiger partial charge in [-0.05, 0) is 23.3 Å². The van der Waals surface area contributed by atoms with Crippen molar-refractivity contribution in [2.24, 2.45) is 12.0 Å². The van der Waals surface area contributed by atoms with Crippen LogP contribution >= 0.6 is 0 Å². The summed E-state index contributed by atoms with van der Waals surface area (Å²) in [7, 11) is 3.91. The fourth-order valence-electron chi connectivity index (χ4n) is 2.81. The second kappa shape index (κ2) is 7.79. The van der Waals surface area contributed by atoms with Gasteiger partial charge in [0.25, 0.3) is 0 Å². The number of guanidine groups is 1. The maximum absolute atomic E-state index is 4.82. The molecular weight excluding hydrogens is 312 g/mol. The quantitative estimate of drug-likeness (QED) is 0.575. The molecule has 0 unspecified atom stereocenters. The van der Waals surface area contributed by atoms with Gasteiger partial charge in [0.05, 0.1) is 13.1 Å². The maximum Gasteiger partial charge on any atom is 0.194 e. The van der Waals surface area contributed by atoms with Crippen LogP contribution < -0.4 is 5.32 Å². The first-order valence-electron chi connectivity index (χ1n) is 8.48.